The van der Waals surface area contributed by atoms with Crippen LogP contribution in [0.1, 0.15) is 54.6 Å². The van der Waals surface area contributed by atoms with Crippen molar-refractivity contribution in [2.75, 3.05) is 6.61 Å². The van der Waals surface area contributed by atoms with E-state index >= 15 is 4.39 Å². The first kappa shape index (κ1) is 37.8. The van der Waals surface area contributed by atoms with E-state index in [2.05, 4.69) is 35.0 Å². The normalized spacial score (nSPS) is 17.7. The van der Waals surface area contributed by atoms with Crippen molar-refractivity contribution in [3.05, 3.63) is 59.7 Å². The zero-order valence-corrected chi connectivity index (χ0v) is 27.6. The summed E-state index contributed by atoms with van der Waals surface area (Å²) in [4.78, 5) is 50.1. The molecule has 4 aromatic rings. The van der Waals surface area contributed by atoms with Crippen molar-refractivity contribution in [1.29, 1.82) is 0 Å². The Morgan fingerprint density at radius 1 is 0.942 bits per heavy atom. The number of carboxylic acids is 2. The van der Waals surface area contributed by atoms with Crippen LogP contribution in [0.4, 0.5) is 8.78 Å². The van der Waals surface area contributed by atoms with Gasteiger partial charge in [-0.25, -0.2) is 26.9 Å². The van der Waals surface area contributed by atoms with Gasteiger partial charge in [-0.1, -0.05) is 10.3 Å². The van der Waals surface area contributed by atoms with Crippen LogP contribution in [0.15, 0.2) is 39.8 Å². The summed E-state index contributed by atoms with van der Waals surface area (Å²) in [5.41, 5.74) is 4.24. The molecule has 3 aromatic heterocycles. The highest BCUT2D eigenvalue weighted by molar-refractivity contribution is 7.90. The molecule has 0 radical (unpaired) electrons. The molecule has 1 fully saturated rings. The number of aliphatic hydroxyl groups is 1. The molecule has 278 valence electrons. The summed E-state index contributed by atoms with van der Waals surface area (Å²) >= 11 is 0. The van der Waals surface area contributed by atoms with E-state index in [1.165, 1.54) is 18.6 Å². The Kier molecular flexibility index (Phi) is 11.0. The van der Waals surface area contributed by atoms with Gasteiger partial charge in [-0.2, -0.15) is 27.8 Å². The number of carbonyl (C=O) groups excluding carboxylic acids is 1. The minimum Gasteiger partial charge on any atom is -0.481 e. The van der Waals surface area contributed by atoms with Gasteiger partial charge in [0.2, 0.25) is 39.4 Å². The lowest BCUT2D eigenvalue weighted by molar-refractivity contribution is -0.140. The molecule has 0 spiro atoms. The molecule has 1 aliphatic carbocycles. The topological polar surface area (TPSA) is 346 Å². The third kappa shape index (κ3) is 8.90. The summed E-state index contributed by atoms with van der Waals surface area (Å²) in [6.07, 6.45) is 2.09. The summed E-state index contributed by atoms with van der Waals surface area (Å²) in [6, 6.07) is -3.93. The molecule has 8 N–H and O–H groups in total. The first-order valence-corrected chi connectivity index (χ1v) is 17.6. The van der Waals surface area contributed by atoms with Crippen molar-refractivity contribution in [3.63, 3.8) is 0 Å². The predicted octanol–water partition coefficient (Wildman–Crippen LogP) is -1.37. The minimum atomic E-state index is -4.80. The molecule has 1 saturated carbocycles. The summed E-state index contributed by atoms with van der Waals surface area (Å²) < 4.78 is 98.2. The lowest BCUT2D eigenvalue weighted by atomic mass is 10.0. The first-order chi connectivity index (χ1) is 24.5. The molecule has 3 heterocycles. The quantitative estimate of drug-likeness (QED) is 0.0613. The van der Waals surface area contributed by atoms with Crippen LogP contribution in [0, 0.1) is 11.6 Å². The largest absolute Gasteiger partial charge is 0.481 e. The Morgan fingerprint density at radius 3 is 2.19 bits per heavy atom. The number of primary amides is 1. The van der Waals surface area contributed by atoms with E-state index in [0.29, 0.717) is 6.07 Å². The fraction of sp³-hybridized carbons (Fsp3) is 0.346. The van der Waals surface area contributed by atoms with Crippen molar-refractivity contribution in [3.8, 4) is 22.9 Å². The number of hydrogen-bond donors (Lipinski definition) is 7. The lowest BCUT2D eigenvalue weighted by Gasteiger charge is -2.17. The zero-order valence-electron chi connectivity index (χ0n) is 26.0. The number of nitrogens with zero attached hydrogens (tertiary/aromatic N) is 6. The molecular formula is C26H26F2N10O12S2. The van der Waals surface area contributed by atoms with Crippen molar-refractivity contribution >= 4 is 38.1 Å². The van der Waals surface area contributed by atoms with Gasteiger partial charge < -0.3 is 30.1 Å². The second kappa shape index (κ2) is 15.1. The third-order valence-electron chi connectivity index (χ3n) is 7.27. The standard InChI is InChI=1S/C26H26F2N10O12S2/c27-10-3-12(11-5-18(11)51(45,46)36-15(7-20(41)42)25-33-23(35-50-25)16-8-30-1-2-31-16)21(28)13(4-10)22-32-24(49-34-22)14(6-19(29)40)37-52(47,48)38-17(9-39)26(43)44/h1-4,8,11,14-15,17-18,36-39H,5-7,9H2,(H2,29,40)(H,41,42)(H,43,44)/t11?,14-,15-,17-,18?/m0/s1. The summed E-state index contributed by atoms with van der Waals surface area (Å²) in [5, 5.41) is 33.4. The molecule has 0 saturated heterocycles. The molecular weight excluding hydrogens is 746 g/mol. The molecule has 1 amide bonds. The highest BCUT2D eigenvalue weighted by atomic mass is 32.2. The lowest BCUT2D eigenvalue weighted by Crippen LogP contribution is -2.49. The summed E-state index contributed by atoms with van der Waals surface area (Å²) in [5.74, 6) is -9.57. The maximum absolute atomic E-state index is 15.9. The number of nitrogens with one attached hydrogen (secondary N) is 3. The maximum Gasteiger partial charge on any atom is 0.324 e. The molecule has 0 bridgehead atoms. The maximum atomic E-state index is 15.9. The van der Waals surface area contributed by atoms with Crippen molar-refractivity contribution in [2.45, 2.75) is 48.6 Å². The smallest absolute Gasteiger partial charge is 0.324 e. The number of aliphatic hydroxyl groups excluding tert-OH is 1. The van der Waals surface area contributed by atoms with Crippen LogP contribution >= 0.6 is 0 Å². The molecule has 2 unspecified atom stereocenters. The Morgan fingerprint density at radius 2 is 1.60 bits per heavy atom. The Bertz CT molecular complexity index is 2200. The number of aliphatic carboxylic acids is 2. The van der Waals surface area contributed by atoms with Crippen LogP contribution in [-0.2, 0) is 34.6 Å². The number of halogens is 2. The Hall–Kier alpha value is -5.41. The van der Waals surface area contributed by atoms with Crippen LogP contribution in [-0.4, -0.2) is 98.1 Å². The van der Waals surface area contributed by atoms with Gasteiger partial charge in [0, 0.05) is 18.3 Å². The highest BCUT2D eigenvalue weighted by Crippen LogP contribution is 2.48. The van der Waals surface area contributed by atoms with Crippen LogP contribution < -0.4 is 19.9 Å². The highest BCUT2D eigenvalue weighted by Gasteiger charge is 2.51. The van der Waals surface area contributed by atoms with Crippen molar-refractivity contribution in [1.82, 2.24) is 44.4 Å². The van der Waals surface area contributed by atoms with E-state index in [4.69, 9.17) is 25.0 Å². The Balaban J connectivity index is 1.37. The number of benzene rings is 1. The molecule has 0 aliphatic heterocycles. The number of sulfonamides is 1. The molecule has 26 heteroatoms. The average molecular weight is 773 g/mol. The van der Waals surface area contributed by atoms with Gasteiger partial charge >= 0.3 is 11.9 Å². The average Bonchev–Trinajstić information content (AvgIpc) is 3.47. The number of hydrogen-bond acceptors (Lipinski definition) is 16. The van der Waals surface area contributed by atoms with Crippen LogP contribution in [0.3, 0.4) is 0 Å². The van der Waals surface area contributed by atoms with Gasteiger partial charge in [0.05, 0.1) is 36.5 Å². The molecule has 22 nitrogen and oxygen atoms in total. The SMILES string of the molecule is NC(=O)C[C@H](NS(=O)(=O)N[C@@H](CO)C(=O)O)c1nc(-c2cc(F)cc(C3CC3S(=O)(=O)N[C@@H](CC(=O)O)c3nc(-c4cnccn4)no3)c2F)no1. The van der Waals surface area contributed by atoms with Crippen LogP contribution in [0.2, 0.25) is 0 Å². The molecule has 52 heavy (non-hydrogen) atoms. The minimum absolute atomic E-state index is 0.107. The monoisotopic (exact) mass is 772 g/mol. The Labute approximate surface area is 290 Å². The summed E-state index contributed by atoms with van der Waals surface area (Å²) in [6.45, 7) is -1.14. The second-order valence-corrected chi connectivity index (χ2v) is 14.5. The molecule has 1 aromatic carbocycles. The fourth-order valence-corrected chi connectivity index (χ4v) is 7.83. The van der Waals surface area contributed by atoms with E-state index < -0.39 is 127 Å². The molecule has 5 atom stereocenters. The van der Waals surface area contributed by atoms with Crippen LogP contribution in [0.25, 0.3) is 22.9 Å². The zero-order chi connectivity index (χ0) is 38.0. The number of amides is 1. The number of aromatic nitrogens is 6. The third-order valence-corrected chi connectivity index (χ3v) is 10.4. The van der Waals surface area contributed by atoms with Gasteiger partial charge in [-0.3, -0.25) is 19.4 Å². The van der Waals surface area contributed by atoms with Gasteiger partial charge in [0.25, 0.3) is 10.2 Å². The fourth-order valence-electron chi connectivity index (χ4n) is 4.86. The second-order valence-electron chi connectivity index (χ2n) is 11.1. The predicted molar refractivity (Wildman–Crippen MR) is 163 cm³/mol. The summed E-state index contributed by atoms with van der Waals surface area (Å²) in [7, 11) is -9.27. The number of nitrogens with two attached hydrogens (primary N) is 1. The van der Waals surface area contributed by atoms with Gasteiger partial charge in [0.15, 0.2) is 0 Å². The van der Waals surface area contributed by atoms with E-state index in [9.17, 15) is 40.7 Å². The number of carboxylic acid groups (broad SMARTS) is 2. The molecule has 5 rings (SSSR count). The van der Waals surface area contributed by atoms with Gasteiger partial charge in [0.1, 0.15) is 35.5 Å². The molecule has 1 aliphatic rings. The van der Waals surface area contributed by atoms with Crippen molar-refractivity contribution < 1.29 is 64.4 Å². The van der Waals surface area contributed by atoms with E-state index in [0.717, 1.165) is 6.07 Å². The van der Waals surface area contributed by atoms with Gasteiger partial charge in [-0.05, 0) is 24.1 Å². The number of rotatable bonds is 18. The first-order valence-electron chi connectivity index (χ1n) is 14.5. The van der Waals surface area contributed by atoms with E-state index in [-0.39, 0.29) is 17.9 Å². The van der Waals surface area contributed by atoms with E-state index in [1.807, 2.05) is 4.72 Å². The van der Waals surface area contributed by atoms with Gasteiger partial charge in [-0.15, -0.1) is 0 Å². The van der Waals surface area contributed by atoms with Crippen LogP contribution in [0.5, 0.6) is 0 Å². The number of carbonyl (C=O) groups is 3. The van der Waals surface area contributed by atoms with E-state index in [1.54, 1.807) is 4.72 Å². The van der Waals surface area contributed by atoms with Crippen molar-refractivity contribution in [2.24, 2.45) is 5.73 Å².